The van der Waals surface area contributed by atoms with Crippen LogP contribution < -0.4 is 10.2 Å². The highest BCUT2D eigenvalue weighted by Gasteiger charge is 2.52. The van der Waals surface area contributed by atoms with E-state index in [2.05, 4.69) is 0 Å². The Balaban J connectivity index is 1.60. The maximum Gasteiger partial charge on any atom is 0.265 e. The molecule has 1 heterocycles. The summed E-state index contributed by atoms with van der Waals surface area (Å²) in [5.74, 6) is -0.373. The Morgan fingerprint density at radius 3 is 2.41 bits per heavy atom. The predicted octanol–water partition coefficient (Wildman–Crippen LogP) is 3.37. The first kappa shape index (κ1) is 25.9. The van der Waals surface area contributed by atoms with Crippen LogP contribution in [0, 0.1) is 5.92 Å². The highest BCUT2D eigenvalue weighted by molar-refractivity contribution is 7.93. The molecule has 0 aliphatic carbocycles. The second-order valence-corrected chi connectivity index (χ2v) is 11.0. The van der Waals surface area contributed by atoms with E-state index in [1.165, 1.54) is 17.6 Å². The van der Waals surface area contributed by atoms with Crippen molar-refractivity contribution >= 4 is 21.5 Å². The lowest BCUT2D eigenvalue weighted by molar-refractivity contribution is -0.134. The first-order chi connectivity index (χ1) is 16.2. The van der Waals surface area contributed by atoms with Crippen molar-refractivity contribution in [1.29, 1.82) is 0 Å². The molecular weight excluding hydrogens is 458 g/mol. The Labute approximate surface area is 200 Å². The molecule has 3 rings (SSSR count). The van der Waals surface area contributed by atoms with Crippen LogP contribution in [-0.4, -0.2) is 49.9 Å². The van der Waals surface area contributed by atoms with Gasteiger partial charge in [-0.15, -0.1) is 0 Å². The van der Waals surface area contributed by atoms with E-state index in [0.29, 0.717) is 17.9 Å². The van der Waals surface area contributed by atoms with Crippen LogP contribution in [0.4, 0.5) is 0 Å². The van der Waals surface area contributed by atoms with Gasteiger partial charge < -0.3 is 9.47 Å². The molecule has 184 valence electrons. The molecule has 0 unspecified atom stereocenters. The highest BCUT2D eigenvalue weighted by atomic mass is 32.2. The lowest BCUT2D eigenvalue weighted by Gasteiger charge is -2.34. The number of amides is 1. The van der Waals surface area contributed by atoms with E-state index in [9.17, 15) is 18.0 Å². The minimum Gasteiger partial charge on any atom is -0.494 e. The first-order valence-corrected chi connectivity index (χ1v) is 12.8. The van der Waals surface area contributed by atoms with Crippen LogP contribution in [0.25, 0.3) is 0 Å². The smallest absolute Gasteiger partial charge is 0.265 e. The molecule has 0 saturated carbocycles. The number of benzene rings is 2. The number of Topliss-reactive ketones (excluding diaryl/α,β-unsaturated/α-hetero) is 1. The van der Waals surface area contributed by atoms with Crippen molar-refractivity contribution in [2.45, 2.75) is 49.2 Å². The highest BCUT2D eigenvalue weighted by Crippen LogP contribution is 2.35. The largest absolute Gasteiger partial charge is 0.494 e. The summed E-state index contributed by atoms with van der Waals surface area (Å²) in [4.78, 5) is 24.5. The Hall–Kier alpha value is -2.75. The molecule has 1 aliphatic rings. The molecule has 0 spiro atoms. The zero-order valence-corrected chi connectivity index (χ0v) is 20.3. The lowest BCUT2D eigenvalue weighted by atomic mass is 9.98. The number of carbonyl (C=O) groups excluding carboxylic acids is 2. The molecule has 0 radical (unpaired) electrons. The summed E-state index contributed by atoms with van der Waals surface area (Å²) in [6, 6.07) is 13.5. The summed E-state index contributed by atoms with van der Waals surface area (Å²) in [6.07, 6.45) is 1.39. The molecule has 1 saturated heterocycles. The van der Waals surface area contributed by atoms with E-state index >= 15 is 0 Å². The molecule has 9 heteroatoms. The number of ether oxygens (including phenoxy) is 2. The first-order valence-electron chi connectivity index (χ1n) is 11.3. The van der Waals surface area contributed by atoms with Crippen molar-refractivity contribution in [3.63, 3.8) is 0 Å². The molecule has 1 amide bonds. The van der Waals surface area contributed by atoms with Crippen molar-refractivity contribution in [1.82, 2.24) is 5.48 Å². The average molecular weight is 490 g/mol. The number of hydrogen-bond acceptors (Lipinski definition) is 7. The van der Waals surface area contributed by atoms with Gasteiger partial charge in [0.2, 0.25) is 0 Å². The maximum absolute atomic E-state index is 13.3. The van der Waals surface area contributed by atoms with Gasteiger partial charge in [-0.2, -0.15) is 0 Å². The number of ketones is 1. The van der Waals surface area contributed by atoms with Crippen molar-refractivity contribution in [2.24, 2.45) is 5.92 Å². The van der Waals surface area contributed by atoms with Crippen molar-refractivity contribution < 1.29 is 32.7 Å². The van der Waals surface area contributed by atoms with Gasteiger partial charge in [0.15, 0.2) is 20.4 Å². The van der Waals surface area contributed by atoms with E-state index < -0.39 is 20.5 Å². The molecule has 2 aromatic carbocycles. The van der Waals surface area contributed by atoms with Gasteiger partial charge in [-0.25, -0.2) is 13.9 Å². The Kier molecular flexibility index (Phi) is 8.46. The predicted molar refractivity (Wildman–Crippen MR) is 126 cm³/mol. The molecule has 1 aliphatic heterocycles. The van der Waals surface area contributed by atoms with Crippen LogP contribution in [0.1, 0.15) is 49.0 Å². The van der Waals surface area contributed by atoms with Crippen LogP contribution in [-0.2, 0) is 25.8 Å². The molecule has 0 atom stereocenters. The lowest BCUT2D eigenvalue weighted by Crippen LogP contribution is -2.54. The number of hydroxylamine groups is 1. The molecule has 0 aromatic heterocycles. The van der Waals surface area contributed by atoms with Gasteiger partial charge in [-0.05, 0) is 61.6 Å². The Morgan fingerprint density at radius 1 is 1.12 bits per heavy atom. The van der Waals surface area contributed by atoms with E-state index in [0.717, 1.165) is 18.4 Å². The summed E-state index contributed by atoms with van der Waals surface area (Å²) in [5, 5.41) is 9.13. The number of hydrogen-bond donors (Lipinski definition) is 2. The summed E-state index contributed by atoms with van der Waals surface area (Å²) in [7, 11) is -4.07. The molecule has 34 heavy (non-hydrogen) atoms. The standard InChI is InChI=1S/C25H31NO7S/c1-18(2)23(27)20-7-3-5-19(17-20)6-4-14-33-21-8-10-22(11-9-21)34(30,31)25(24(28)26-29)12-15-32-16-13-25/h3,5,7-11,17-18,29H,4,6,12-16H2,1-2H3,(H,26,28). The van der Waals surface area contributed by atoms with Crippen LogP contribution in [0.3, 0.4) is 0 Å². The van der Waals surface area contributed by atoms with Crippen molar-refractivity contribution in [3.8, 4) is 5.75 Å². The second kappa shape index (κ2) is 11.1. The normalized spacial score (nSPS) is 15.6. The van der Waals surface area contributed by atoms with Crippen LogP contribution in [0.5, 0.6) is 5.75 Å². The zero-order valence-electron chi connectivity index (χ0n) is 19.5. The van der Waals surface area contributed by atoms with E-state index in [1.54, 1.807) is 12.1 Å². The fraction of sp³-hybridized carbons (Fsp3) is 0.440. The maximum atomic E-state index is 13.3. The van der Waals surface area contributed by atoms with Gasteiger partial charge in [-0.3, -0.25) is 14.8 Å². The quantitative estimate of drug-likeness (QED) is 0.227. The zero-order chi connectivity index (χ0) is 24.8. The molecule has 1 fully saturated rings. The third-order valence-electron chi connectivity index (χ3n) is 6.08. The van der Waals surface area contributed by atoms with E-state index in [4.69, 9.17) is 14.7 Å². The number of nitrogens with one attached hydrogen (secondary N) is 1. The minimum atomic E-state index is -4.07. The SMILES string of the molecule is CC(C)C(=O)c1cccc(CCCOc2ccc(S(=O)(=O)C3(C(=O)NO)CCOCC3)cc2)c1. The second-order valence-electron chi connectivity index (χ2n) is 8.69. The number of sulfone groups is 1. The summed E-state index contributed by atoms with van der Waals surface area (Å²) < 4.78 is 35.7. The van der Waals surface area contributed by atoms with Gasteiger partial charge in [-0.1, -0.05) is 32.0 Å². The van der Waals surface area contributed by atoms with E-state index in [-0.39, 0.29) is 42.7 Å². The number of rotatable bonds is 10. The summed E-state index contributed by atoms with van der Waals surface area (Å²) in [6.45, 7) is 4.40. The Bertz CT molecular complexity index is 1100. The number of aryl methyl sites for hydroxylation is 1. The third kappa shape index (κ3) is 5.48. The average Bonchev–Trinajstić information content (AvgIpc) is 2.86. The van der Waals surface area contributed by atoms with Crippen molar-refractivity contribution in [2.75, 3.05) is 19.8 Å². The molecular formula is C25H31NO7S. The van der Waals surface area contributed by atoms with Gasteiger partial charge in [0, 0.05) is 24.7 Å². The van der Waals surface area contributed by atoms with Gasteiger partial charge in [0.25, 0.3) is 5.91 Å². The molecule has 2 N–H and O–H groups in total. The third-order valence-corrected chi connectivity index (χ3v) is 8.59. The fourth-order valence-electron chi connectivity index (χ4n) is 4.04. The fourth-order valence-corrected chi connectivity index (χ4v) is 5.98. The molecule has 8 nitrogen and oxygen atoms in total. The monoisotopic (exact) mass is 489 g/mol. The minimum absolute atomic E-state index is 0.0167. The molecule has 0 bridgehead atoms. The van der Waals surface area contributed by atoms with Gasteiger partial charge in [0.1, 0.15) is 5.75 Å². The van der Waals surface area contributed by atoms with E-state index in [1.807, 2.05) is 38.1 Å². The topological polar surface area (TPSA) is 119 Å². The van der Waals surface area contributed by atoms with Crippen LogP contribution in [0.15, 0.2) is 53.4 Å². The molecule has 2 aromatic rings. The van der Waals surface area contributed by atoms with Gasteiger partial charge in [0.05, 0.1) is 11.5 Å². The van der Waals surface area contributed by atoms with Gasteiger partial charge >= 0.3 is 0 Å². The summed E-state index contributed by atoms with van der Waals surface area (Å²) in [5.41, 5.74) is 3.28. The van der Waals surface area contributed by atoms with Crippen LogP contribution in [0.2, 0.25) is 0 Å². The summed E-state index contributed by atoms with van der Waals surface area (Å²) >= 11 is 0. The number of carbonyl (C=O) groups is 2. The van der Waals surface area contributed by atoms with Crippen molar-refractivity contribution in [3.05, 3.63) is 59.7 Å². The van der Waals surface area contributed by atoms with Crippen LogP contribution >= 0.6 is 0 Å². The Morgan fingerprint density at radius 2 is 1.79 bits per heavy atom.